The minimum absolute atomic E-state index is 0.0210. The smallest absolute Gasteiger partial charge is 0.275 e. The van der Waals surface area contributed by atoms with E-state index in [0.717, 1.165) is 5.76 Å². The molecule has 0 spiro atoms. The molecule has 0 fully saturated rings. The van der Waals surface area contributed by atoms with Gasteiger partial charge in [0.15, 0.2) is 0 Å². The minimum atomic E-state index is -0.169. The van der Waals surface area contributed by atoms with Crippen LogP contribution in [0, 0.1) is 6.92 Å². The highest BCUT2D eigenvalue weighted by Crippen LogP contribution is 2.23. The maximum atomic E-state index is 11.7. The van der Waals surface area contributed by atoms with Crippen molar-refractivity contribution >= 4 is 21.4 Å². The molecule has 0 radical (unpaired) electrons. The maximum Gasteiger partial charge on any atom is 0.275 e. The van der Waals surface area contributed by atoms with Crippen molar-refractivity contribution < 1.29 is 4.42 Å². The predicted octanol–water partition coefficient (Wildman–Crippen LogP) is 2.23. The molecule has 0 amide bonds. The lowest BCUT2D eigenvalue weighted by Crippen LogP contribution is -2.14. The molecule has 3 aromatic heterocycles. The number of aryl methyl sites for hydroxylation is 1. The fourth-order valence-corrected chi connectivity index (χ4v) is 2.71. The molecular formula is C12H12N4O2S. The van der Waals surface area contributed by atoms with Gasteiger partial charge in [0.05, 0.1) is 12.3 Å². The van der Waals surface area contributed by atoms with Crippen molar-refractivity contribution in [2.75, 3.05) is 5.32 Å². The van der Waals surface area contributed by atoms with E-state index >= 15 is 0 Å². The third-order valence-electron chi connectivity index (χ3n) is 2.68. The molecule has 0 aliphatic carbocycles. The molecule has 1 N–H and O–H groups in total. The molecule has 0 saturated heterocycles. The van der Waals surface area contributed by atoms with E-state index in [0.29, 0.717) is 15.8 Å². The summed E-state index contributed by atoms with van der Waals surface area (Å²) in [6, 6.07) is 5.17. The van der Waals surface area contributed by atoms with Crippen LogP contribution in [0.5, 0.6) is 0 Å². The van der Waals surface area contributed by atoms with E-state index in [4.69, 9.17) is 4.42 Å². The predicted molar refractivity (Wildman–Crippen MR) is 72.6 cm³/mol. The molecule has 1 atom stereocenters. The second-order valence-corrected chi connectivity index (χ2v) is 5.17. The van der Waals surface area contributed by atoms with Gasteiger partial charge in [-0.1, -0.05) is 11.3 Å². The Labute approximate surface area is 112 Å². The second-order valence-electron chi connectivity index (χ2n) is 4.22. The Hall–Kier alpha value is -2.15. The number of fused-ring (bicyclic) bond motifs is 1. The van der Waals surface area contributed by atoms with Crippen LogP contribution in [-0.2, 0) is 0 Å². The Bertz CT molecular complexity index is 760. The Balaban J connectivity index is 1.94. The largest absolute Gasteiger partial charge is 0.467 e. The highest BCUT2D eigenvalue weighted by molar-refractivity contribution is 7.20. The number of aromatic nitrogens is 3. The first-order valence-corrected chi connectivity index (χ1v) is 6.62. The summed E-state index contributed by atoms with van der Waals surface area (Å²) in [6.07, 6.45) is 1.63. The molecule has 0 aromatic carbocycles. The molecule has 3 aromatic rings. The van der Waals surface area contributed by atoms with Gasteiger partial charge in [-0.25, -0.2) is 4.98 Å². The number of hydrogen-bond donors (Lipinski definition) is 1. The van der Waals surface area contributed by atoms with Crippen LogP contribution in [0.4, 0.5) is 5.13 Å². The van der Waals surface area contributed by atoms with Crippen LogP contribution in [0.15, 0.2) is 33.7 Å². The first-order valence-electron chi connectivity index (χ1n) is 5.81. The molecule has 0 unspecified atom stereocenters. The van der Waals surface area contributed by atoms with E-state index in [1.165, 1.54) is 21.9 Å². The molecule has 0 bridgehead atoms. The molecule has 7 heteroatoms. The van der Waals surface area contributed by atoms with E-state index in [2.05, 4.69) is 15.4 Å². The average molecular weight is 276 g/mol. The summed E-state index contributed by atoms with van der Waals surface area (Å²) in [7, 11) is 0. The first-order chi connectivity index (χ1) is 9.13. The van der Waals surface area contributed by atoms with Gasteiger partial charge in [0.25, 0.3) is 5.56 Å². The summed E-state index contributed by atoms with van der Waals surface area (Å²) in [5.41, 5.74) is 0.525. The van der Waals surface area contributed by atoms with Crippen molar-refractivity contribution in [3.63, 3.8) is 0 Å². The summed E-state index contributed by atoms with van der Waals surface area (Å²) in [5.74, 6) is 0.816. The average Bonchev–Trinajstić information content (AvgIpc) is 2.96. The van der Waals surface area contributed by atoms with Gasteiger partial charge in [-0.3, -0.25) is 4.79 Å². The molecular weight excluding hydrogens is 264 g/mol. The molecule has 3 heterocycles. The molecule has 19 heavy (non-hydrogen) atoms. The van der Waals surface area contributed by atoms with Crippen molar-refractivity contribution in [2.24, 2.45) is 0 Å². The highest BCUT2D eigenvalue weighted by Gasteiger charge is 2.12. The Morgan fingerprint density at radius 2 is 2.37 bits per heavy atom. The van der Waals surface area contributed by atoms with Gasteiger partial charge >= 0.3 is 0 Å². The summed E-state index contributed by atoms with van der Waals surface area (Å²) in [6.45, 7) is 3.76. The monoisotopic (exact) mass is 276 g/mol. The van der Waals surface area contributed by atoms with Gasteiger partial charge < -0.3 is 9.73 Å². The van der Waals surface area contributed by atoms with Gasteiger partial charge in [0.1, 0.15) is 5.76 Å². The summed E-state index contributed by atoms with van der Waals surface area (Å²) >= 11 is 1.34. The van der Waals surface area contributed by atoms with Crippen molar-refractivity contribution in [2.45, 2.75) is 19.9 Å². The minimum Gasteiger partial charge on any atom is -0.467 e. The van der Waals surface area contributed by atoms with Crippen LogP contribution in [0.1, 0.15) is 24.4 Å². The number of hydrogen-bond acceptors (Lipinski definition) is 6. The van der Waals surface area contributed by atoms with Crippen LogP contribution >= 0.6 is 11.3 Å². The van der Waals surface area contributed by atoms with Gasteiger partial charge in [-0.05, 0) is 26.0 Å². The zero-order valence-electron chi connectivity index (χ0n) is 10.5. The topological polar surface area (TPSA) is 72.4 Å². The van der Waals surface area contributed by atoms with Crippen LogP contribution in [0.25, 0.3) is 4.96 Å². The van der Waals surface area contributed by atoms with Crippen LogP contribution < -0.4 is 10.9 Å². The number of nitrogens with zero attached hydrogens (tertiary/aromatic N) is 3. The third kappa shape index (κ3) is 2.24. The van der Waals surface area contributed by atoms with Crippen molar-refractivity contribution in [3.8, 4) is 0 Å². The molecule has 98 valence electrons. The molecule has 0 aliphatic rings. The van der Waals surface area contributed by atoms with Crippen molar-refractivity contribution in [1.82, 2.24) is 14.6 Å². The van der Waals surface area contributed by atoms with Gasteiger partial charge in [-0.15, -0.1) is 5.10 Å². The Morgan fingerprint density at radius 3 is 3.11 bits per heavy atom. The molecule has 6 nitrogen and oxygen atoms in total. The Kier molecular flexibility index (Phi) is 2.83. The summed E-state index contributed by atoms with van der Waals surface area (Å²) in [5, 5.41) is 8.04. The SMILES string of the molecule is Cc1cc(=O)n2nc(N[C@H](C)c3ccco3)sc2n1. The van der Waals surface area contributed by atoms with Crippen LogP contribution in [0.2, 0.25) is 0 Å². The molecule has 3 rings (SSSR count). The van der Waals surface area contributed by atoms with E-state index in [1.54, 1.807) is 13.2 Å². The van der Waals surface area contributed by atoms with E-state index in [1.807, 2.05) is 19.1 Å². The standard InChI is InChI=1S/C12H12N4O2S/c1-7-6-10(17)16-12(13-7)19-11(15-16)14-8(2)9-4-3-5-18-9/h3-6,8H,1-2H3,(H,14,15)/t8-/m1/s1. The molecule has 0 saturated carbocycles. The summed E-state index contributed by atoms with van der Waals surface area (Å²) in [4.78, 5) is 16.6. The molecule has 0 aliphatic heterocycles. The van der Waals surface area contributed by atoms with Gasteiger partial charge in [-0.2, -0.15) is 4.52 Å². The quantitative estimate of drug-likeness (QED) is 0.794. The lowest BCUT2D eigenvalue weighted by Gasteiger charge is -2.08. The van der Waals surface area contributed by atoms with Crippen molar-refractivity contribution in [3.05, 3.63) is 46.3 Å². The normalized spacial score (nSPS) is 12.7. The van der Waals surface area contributed by atoms with Gasteiger partial charge in [0, 0.05) is 11.8 Å². The number of nitrogens with one attached hydrogen (secondary N) is 1. The zero-order valence-corrected chi connectivity index (χ0v) is 11.3. The van der Waals surface area contributed by atoms with Crippen molar-refractivity contribution in [1.29, 1.82) is 0 Å². The van der Waals surface area contributed by atoms with E-state index in [-0.39, 0.29) is 11.6 Å². The number of furan rings is 1. The third-order valence-corrected chi connectivity index (χ3v) is 3.52. The van der Waals surface area contributed by atoms with Crippen LogP contribution in [0.3, 0.4) is 0 Å². The Morgan fingerprint density at radius 1 is 1.53 bits per heavy atom. The number of rotatable bonds is 3. The number of anilines is 1. The van der Waals surface area contributed by atoms with E-state index < -0.39 is 0 Å². The summed E-state index contributed by atoms with van der Waals surface area (Å²) < 4.78 is 6.62. The van der Waals surface area contributed by atoms with Gasteiger partial charge in [0.2, 0.25) is 10.1 Å². The fraction of sp³-hybridized carbons (Fsp3) is 0.250. The fourth-order valence-electron chi connectivity index (χ4n) is 1.77. The maximum absolute atomic E-state index is 11.7. The highest BCUT2D eigenvalue weighted by atomic mass is 32.1. The second kappa shape index (κ2) is 4.51. The lowest BCUT2D eigenvalue weighted by atomic mass is 10.3. The van der Waals surface area contributed by atoms with E-state index in [9.17, 15) is 4.79 Å². The first kappa shape index (κ1) is 11.9. The zero-order chi connectivity index (χ0) is 13.4. The lowest BCUT2D eigenvalue weighted by molar-refractivity contribution is 0.490. The van der Waals surface area contributed by atoms with Crippen LogP contribution in [-0.4, -0.2) is 14.6 Å².